The summed E-state index contributed by atoms with van der Waals surface area (Å²) < 4.78 is 10.9. The minimum Gasteiger partial charge on any atom is -0.497 e. The summed E-state index contributed by atoms with van der Waals surface area (Å²) >= 11 is 0. The third-order valence-corrected chi connectivity index (χ3v) is 4.92. The van der Waals surface area contributed by atoms with Crippen molar-refractivity contribution in [3.63, 3.8) is 0 Å². The van der Waals surface area contributed by atoms with Crippen LogP contribution in [0.4, 0.5) is 5.69 Å². The number of fused-ring (bicyclic) bond motifs is 1. The largest absolute Gasteiger partial charge is 0.497 e. The lowest BCUT2D eigenvalue weighted by Gasteiger charge is -2.15. The maximum absolute atomic E-state index is 12.8. The average molecular weight is 365 g/mol. The number of unbranched alkanes of at least 4 members (excludes halogenated alkanes) is 2. The first-order valence-electron chi connectivity index (χ1n) is 9.56. The lowest BCUT2D eigenvalue weighted by Crippen LogP contribution is -2.15. The standard InChI is InChI=1S/C23H27NO3/c1-4-5-8-13-24-22-19-12-11-18(26-3)15-21(19)27-23(25)20(22)14-17-10-7-6-9-16(17)2/h6-7,9-12,15,24H,4-5,8,13-14H2,1-3H3. The van der Waals surface area contributed by atoms with E-state index in [0.717, 1.165) is 42.4 Å². The van der Waals surface area contributed by atoms with Crippen molar-refractivity contribution in [3.8, 4) is 5.75 Å². The lowest BCUT2D eigenvalue weighted by molar-refractivity contribution is 0.414. The molecule has 0 saturated carbocycles. The summed E-state index contributed by atoms with van der Waals surface area (Å²) in [6, 6.07) is 13.8. The van der Waals surface area contributed by atoms with Gasteiger partial charge in [-0.1, -0.05) is 44.0 Å². The van der Waals surface area contributed by atoms with Gasteiger partial charge in [0, 0.05) is 24.4 Å². The molecule has 0 bridgehead atoms. The summed E-state index contributed by atoms with van der Waals surface area (Å²) in [5.41, 5.74) is 4.11. The highest BCUT2D eigenvalue weighted by atomic mass is 16.5. The third kappa shape index (κ3) is 4.33. The van der Waals surface area contributed by atoms with Crippen LogP contribution in [0, 0.1) is 6.92 Å². The highest BCUT2D eigenvalue weighted by molar-refractivity contribution is 5.92. The quantitative estimate of drug-likeness (QED) is 0.434. The summed E-state index contributed by atoms with van der Waals surface area (Å²) in [7, 11) is 1.61. The third-order valence-electron chi connectivity index (χ3n) is 4.92. The van der Waals surface area contributed by atoms with Crippen LogP contribution in [0.1, 0.15) is 42.9 Å². The molecule has 4 heteroatoms. The second-order valence-corrected chi connectivity index (χ2v) is 6.84. The number of hydrogen-bond donors (Lipinski definition) is 1. The van der Waals surface area contributed by atoms with Crippen molar-refractivity contribution < 1.29 is 9.15 Å². The van der Waals surface area contributed by atoms with Crippen molar-refractivity contribution in [3.05, 3.63) is 69.6 Å². The second-order valence-electron chi connectivity index (χ2n) is 6.84. The topological polar surface area (TPSA) is 51.5 Å². The van der Waals surface area contributed by atoms with Gasteiger partial charge in [0.1, 0.15) is 11.3 Å². The zero-order valence-electron chi connectivity index (χ0n) is 16.3. The Bertz CT molecular complexity index is 975. The van der Waals surface area contributed by atoms with E-state index >= 15 is 0 Å². The van der Waals surface area contributed by atoms with Crippen LogP contribution in [0.2, 0.25) is 0 Å². The molecule has 0 aliphatic rings. The van der Waals surface area contributed by atoms with E-state index in [1.165, 1.54) is 5.56 Å². The number of hydrogen-bond acceptors (Lipinski definition) is 4. The summed E-state index contributed by atoms with van der Waals surface area (Å²) in [5.74, 6) is 0.675. The molecule has 0 spiro atoms. The van der Waals surface area contributed by atoms with Gasteiger partial charge in [-0.05, 0) is 36.6 Å². The molecular weight excluding hydrogens is 338 g/mol. The summed E-state index contributed by atoms with van der Waals surface area (Å²) in [5, 5.41) is 4.42. The van der Waals surface area contributed by atoms with Gasteiger partial charge < -0.3 is 14.5 Å². The van der Waals surface area contributed by atoms with Gasteiger partial charge in [0.2, 0.25) is 0 Å². The number of aryl methyl sites for hydroxylation is 1. The molecule has 0 radical (unpaired) electrons. The van der Waals surface area contributed by atoms with E-state index in [-0.39, 0.29) is 5.63 Å². The first-order chi connectivity index (χ1) is 13.1. The van der Waals surface area contributed by atoms with Gasteiger partial charge in [-0.25, -0.2) is 4.79 Å². The van der Waals surface area contributed by atoms with Crippen LogP contribution in [0.3, 0.4) is 0 Å². The van der Waals surface area contributed by atoms with Crippen LogP contribution >= 0.6 is 0 Å². The fourth-order valence-electron chi connectivity index (χ4n) is 3.30. The number of nitrogens with one attached hydrogen (secondary N) is 1. The molecule has 3 rings (SSSR count). The fraction of sp³-hybridized carbons (Fsp3) is 0.348. The lowest BCUT2D eigenvalue weighted by atomic mass is 9.99. The smallest absolute Gasteiger partial charge is 0.341 e. The molecule has 1 N–H and O–H groups in total. The number of rotatable bonds is 8. The molecule has 0 atom stereocenters. The molecule has 0 saturated heterocycles. The van der Waals surface area contributed by atoms with Crippen LogP contribution in [0.15, 0.2) is 51.7 Å². The molecule has 0 unspecified atom stereocenters. The van der Waals surface area contributed by atoms with Crippen molar-refractivity contribution in [2.45, 2.75) is 39.5 Å². The molecule has 0 aliphatic heterocycles. The van der Waals surface area contributed by atoms with E-state index in [1.54, 1.807) is 13.2 Å². The molecule has 27 heavy (non-hydrogen) atoms. The van der Waals surface area contributed by atoms with Gasteiger partial charge in [-0.3, -0.25) is 0 Å². The van der Waals surface area contributed by atoms with Crippen LogP contribution in [-0.2, 0) is 6.42 Å². The molecule has 2 aromatic carbocycles. The molecule has 1 heterocycles. The van der Waals surface area contributed by atoms with E-state index in [4.69, 9.17) is 9.15 Å². The Balaban J connectivity index is 2.08. The van der Waals surface area contributed by atoms with Gasteiger partial charge in [-0.2, -0.15) is 0 Å². The number of benzene rings is 2. The Morgan fingerprint density at radius 3 is 2.67 bits per heavy atom. The second kappa shape index (κ2) is 8.76. The Morgan fingerprint density at radius 2 is 1.93 bits per heavy atom. The average Bonchev–Trinajstić information content (AvgIpc) is 2.68. The molecule has 0 amide bonds. The van der Waals surface area contributed by atoms with Gasteiger partial charge in [0.05, 0.1) is 18.4 Å². The first kappa shape index (κ1) is 19.0. The summed E-state index contributed by atoms with van der Waals surface area (Å²) in [6.07, 6.45) is 3.94. The van der Waals surface area contributed by atoms with Crippen LogP contribution in [-0.4, -0.2) is 13.7 Å². The number of ether oxygens (including phenoxy) is 1. The van der Waals surface area contributed by atoms with Crippen molar-refractivity contribution >= 4 is 16.7 Å². The molecule has 4 nitrogen and oxygen atoms in total. The van der Waals surface area contributed by atoms with Crippen LogP contribution < -0.4 is 15.7 Å². The monoisotopic (exact) mass is 365 g/mol. The normalized spacial score (nSPS) is 10.9. The van der Waals surface area contributed by atoms with Gasteiger partial charge in [0.15, 0.2) is 0 Å². The first-order valence-corrected chi connectivity index (χ1v) is 9.56. The molecule has 0 aliphatic carbocycles. The predicted octanol–water partition coefficient (Wildman–Crippen LogP) is 5.30. The Kier molecular flexibility index (Phi) is 6.17. The number of methoxy groups -OCH3 is 1. The minimum absolute atomic E-state index is 0.294. The van der Waals surface area contributed by atoms with E-state index in [9.17, 15) is 4.79 Å². The maximum atomic E-state index is 12.8. The molecule has 142 valence electrons. The molecule has 3 aromatic rings. The molecule has 1 aromatic heterocycles. The predicted molar refractivity (Wildman–Crippen MR) is 111 cm³/mol. The van der Waals surface area contributed by atoms with E-state index in [1.807, 2.05) is 24.3 Å². The highest BCUT2D eigenvalue weighted by Crippen LogP contribution is 2.30. The Morgan fingerprint density at radius 1 is 1.11 bits per heavy atom. The van der Waals surface area contributed by atoms with Crippen LogP contribution in [0.5, 0.6) is 5.75 Å². The van der Waals surface area contributed by atoms with E-state index in [0.29, 0.717) is 23.3 Å². The van der Waals surface area contributed by atoms with E-state index in [2.05, 4.69) is 31.3 Å². The fourth-order valence-corrected chi connectivity index (χ4v) is 3.30. The molecule has 0 fully saturated rings. The van der Waals surface area contributed by atoms with Crippen molar-refractivity contribution in [2.75, 3.05) is 19.0 Å². The van der Waals surface area contributed by atoms with E-state index < -0.39 is 0 Å². The summed E-state index contributed by atoms with van der Waals surface area (Å²) in [6.45, 7) is 5.08. The Labute approximate surface area is 160 Å². The Hall–Kier alpha value is -2.75. The van der Waals surface area contributed by atoms with Gasteiger partial charge >= 0.3 is 5.63 Å². The number of anilines is 1. The van der Waals surface area contributed by atoms with Crippen molar-refractivity contribution in [1.82, 2.24) is 0 Å². The van der Waals surface area contributed by atoms with Crippen molar-refractivity contribution in [2.24, 2.45) is 0 Å². The highest BCUT2D eigenvalue weighted by Gasteiger charge is 2.16. The summed E-state index contributed by atoms with van der Waals surface area (Å²) in [4.78, 5) is 12.8. The zero-order valence-corrected chi connectivity index (χ0v) is 16.3. The van der Waals surface area contributed by atoms with Gasteiger partial charge in [0.25, 0.3) is 0 Å². The molecular formula is C23H27NO3. The van der Waals surface area contributed by atoms with Gasteiger partial charge in [-0.15, -0.1) is 0 Å². The zero-order chi connectivity index (χ0) is 19.2. The SMILES string of the molecule is CCCCCNc1c(Cc2ccccc2C)c(=O)oc2cc(OC)ccc12. The van der Waals surface area contributed by atoms with Crippen molar-refractivity contribution in [1.29, 1.82) is 0 Å². The maximum Gasteiger partial charge on any atom is 0.341 e. The minimum atomic E-state index is -0.294. The van der Waals surface area contributed by atoms with Crippen LogP contribution in [0.25, 0.3) is 11.0 Å².